The van der Waals surface area contributed by atoms with Crippen molar-refractivity contribution in [3.8, 4) is 0 Å². The molecule has 2 heterocycles. The molecule has 0 atom stereocenters. The van der Waals surface area contributed by atoms with Gasteiger partial charge in [0.25, 0.3) is 11.6 Å². The lowest BCUT2D eigenvalue weighted by molar-refractivity contribution is -0.385. The fraction of sp³-hybridized carbons (Fsp3) is 0.222. The second-order valence-corrected chi connectivity index (χ2v) is 8.75. The third-order valence-corrected chi connectivity index (χ3v) is 6.34. The molecular weight excluding hydrogens is 501 g/mol. The Bertz CT molecular complexity index is 1370. The zero-order chi connectivity index (χ0) is 27.3. The Morgan fingerprint density at radius 3 is 2.39 bits per heavy atom. The average molecular weight is 524 g/mol. The lowest BCUT2D eigenvalue weighted by Gasteiger charge is -2.32. The highest BCUT2D eigenvalue weighted by Gasteiger charge is 2.37. The van der Waals surface area contributed by atoms with Crippen molar-refractivity contribution >= 4 is 29.3 Å². The van der Waals surface area contributed by atoms with Gasteiger partial charge in [0.2, 0.25) is 5.91 Å². The summed E-state index contributed by atoms with van der Waals surface area (Å²) < 4.78 is 39.9. The first kappa shape index (κ1) is 26.5. The number of hydrogen-bond donors (Lipinski definition) is 1. The van der Waals surface area contributed by atoms with E-state index in [-0.39, 0.29) is 11.6 Å². The van der Waals surface area contributed by atoms with E-state index in [2.05, 4.69) is 10.3 Å². The molecule has 0 aliphatic carbocycles. The first-order chi connectivity index (χ1) is 18.1. The van der Waals surface area contributed by atoms with Gasteiger partial charge in [-0.2, -0.15) is 13.2 Å². The smallest absolute Gasteiger partial charge is 0.339 e. The highest BCUT2D eigenvalue weighted by molar-refractivity contribution is 6.02. The van der Waals surface area contributed by atoms with Gasteiger partial charge in [0.1, 0.15) is 0 Å². The topological polar surface area (TPSA) is 105 Å². The number of nitro benzene ring substituents is 1. The van der Waals surface area contributed by atoms with Crippen LogP contribution >= 0.6 is 0 Å². The number of hydrogen-bond acceptors (Lipinski definition) is 5. The molecule has 0 radical (unpaired) electrons. The van der Waals surface area contributed by atoms with Crippen LogP contribution in [0.2, 0.25) is 0 Å². The predicted octanol–water partition coefficient (Wildman–Crippen LogP) is 5.68. The zero-order valence-corrected chi connectivity index (χ0v) is 20.0. The van der Waals surface area contributed by atoms with Crippen LogP contribution in [-0.2, 0) is 11.0 Å². The van der Waals surface area contributed by atoms with Gasteiger partial charge in [-0.3, -0.25) is 24.7 Å². The minimum atomic E-state index is -4.64. The maximum Gasteiger partial charge on any atom is 0.417 e. The number of halogens is 3. The third-order valence-electron chi connectivity index (χ3n) is 6.34. The van der Waals surface area contributed by atoms with E-state index in [1.807, 2.05) is 12.1 Å². The van der Waals surface area contributed by atoms with Gasteiger partial charge in [0, 0.05) is 43.3 Å². The molecule has 0 unspecified atom stereocenters. The Morgan fingerprint density at radius 2 is 1.74 bits per heavy atom. The van der Waals surface area contributed by atoms with Crippen molar-refractivity contribution in [3.63, 3.8) is 0 Å². The number of nitrogens with one attached hydrogen (secondary N) is 1. The quantitative estimate of drug-likeness (QED) is 0.254. The molecule has 0 bridgehead atoms. The number of nitro groups is 1. The van der Waals surface area contributed by atoms with Crippen LogP contribution in [0.3, 0.4) is 0 Å². The molecule has 1 N–H and O–H groups in total. The monoisotopic (exact) mass is 524 g/mol. The van der Waals surface area contributed by atoms with Crippen LogP contribution in [-0.4, -0.2) is 39.7 Å². The van der Waals surface area contributed by atoms with Crippen LogP contribution in [0.1, 0.15) is 45.8 Å². The zero-order valence-electron chi connectivity index (χ0n) is 20.0. The van der Waals surface area contributed by atoms with Gasteiger partial charge < -0.3 is 10.2 Å². The van der Waals surface area contributed by atoms with E-state index >= 15 is 0 Å². The summed E-state index contributed by atoms with van der Waals surface area (Å²) in [6, 6.07) is 14.1. The molecule has 1 fully saturated rings. The van der Waals surface area contributed by atoms with Gasteiger partial charge in [0.15, 0.2) is 0 Å². The Labute approximate surface area is 216 Å². The SMILES string of the molecule is O=C(/C=C/c1ccccc1[N+](=O)[O-])Nc1ccc(C2CCN(C(=O)c3cnccc3C(F)(F)F)CC2)cc1. The van der Waals surface area contributed by atoms with Crippen molar-refractivity contribution < 1.29 is 27.7 Å². The number of carbonyl (C=O) groups is 2. The van der Waals surface area contributed by atoms with E-state index in [0.717, 1.165) is 24.0 Å². The van der Waals surface area contributed by atoms with Gasteiger partial charge in [-0.15, -0.1) is 0 Å². The highest BCUT2D eigenvalue weighted by Crippen LogP contribution is 2.34. The number of benzene rings is 2. The van der Waals surface area contributed by atoms with Gasteiger partial charge >= 0.3 is 6.18 Å². The minimum Gasteiger partial charge on any atom is -0.339 e. The van der Waals surface area contributed by atoms with Crippen LogP contribution in [0.15, 0.2) is 73.1 Å². The van der Waals surface area contributed by atoms with E-state index in [1.165, 1.54) is 23.1 Å². The van der Waals surface area contributed by atoms with E-state index in [1.54, 1.807) is 30.3 Å². The molecule has 11 heteroatoms. The molecule has 1 aromatic heterocycles. The lowest BCUT2D eigenvalue weighted by Crippen LogP contribution is -2.38. The summed E-state index contributed by atoms with van der Waals surface area (Å²) >= 11 is 0. The number of nitrogens with zero attached hydrogens (tertiary/aromatic N) is 3. The number of carbonyl (C=O) groups excluding carboxylic acids is 2. The molecular formula is C27H23F3N4O4. The standard InChI is InChI=1S/C27H23F3N4O4/c28-27(29,30)23-11-14-31-17-22(23)26(36)33-15-12-19(13-16-33)18-5-8-21(9-6-18)32-25(35)10-7-20-3-1-2-4-24(20)34(37)38/h1-11,14,17,19H,12-13,15-16H2,(H,32,35)/b10-7+. The van der Waals surface area contributed by atoms with Crippen molar-refractivity contribution in [2.75, 3.05) is 18.4 Å². The fourth-order valence-corrected chi connectivity index (χ4v) is 4.38. The minimum absolute atomic E-state index is 0.102. The first-order valence-electron chi connectivity index (χ1n) is 11.8. The summed E-state index contributed by atoms with van der Waals surface area (Å²) in [4.78, 5) is 40.7. The van der Waals surface area contributed by atoms with Gasteiger partial charge in [-0.05, 0) is 54.7 Å². The summed E-state index contributed by atoms with van der Waals surface area (Å²) in [6.45, 7) is 0.620. The molecule has 2 aromatic carbocycles. The summed E-state index contributed by atoms with van der Waals surface area (Å²) in [6.07, 6.45) is 1.09. The van der Waals surface area contributed by atoms with E-state index in [0.29, 0.717) is 37.2 Å². The summed E-state index contributed by atoms with van der Waals surface area (Å²) in [5.74, 6) is -1.02. The first-order valence-corrected chi connectivity index (χ1v) is 11.8. The van der Waals surface area contributed by atoms with Crippen LogP contribution in [0, 0.1) is 10.1 Å². The molecule has 4 rings (SSSR count). The molecule has 3 aromatic rings. The largest absolute Gasteiger partial charge is 0.417 e. The summed E-state index contributed by atoms with van der Waals surface area (Å²) in [5.41, 5.74) is 0.294. The van der Waals surface area contributed by atoms with Gasteiger partial charge in [-0.1, -0.05) is 24.3 Å². The number of likely N-dealkylation sites (tertiary alicyclic amines) is 1. The Morgan fingerprint density at radius 1 is 1.05 bits per heavy atom. The van der Waals surface area contributed by atoms with Crippen LogP contribution < -0.4 is 5.32 Å². The second-order valence-electron chi connectivity index (χ2n) is 8.75. The molecule has 0 saturated carbocycles. The molecule has 8 nitrogen and oxygen atoms in total. The van der Waals surface area contributed by atoms with Gasteiger partial charge in [0.05, 0.1) is 21.6 Å². The Balaban J connectivity index is 1.33. The number of rotatable bonds is 6. The summed E-state index contributed by atoms with van der Waals surface area (Å²) in [7, 11) is 0. The molecule has 196 valence electrons. The maximum atomic E-state index is 13.3. The maximum absolute atomic E-state index is 13.3. The number of piperidine rings is 1. The van der Waals surface area contributed by atoms with Crippen LogP contribution in [0.5, 0.6) is 0 Å². The number of aromatic nitrogens is 1. The van der Waals surface area contributed by atoms with Crippen LogP contribution in [0.25, 0.3) is 6.08 Å². The number of amides is 2. The van der Waals surface area contributed by atoms with Crippen molar-refractivity contribution in [2.45, 2.75) is 24.9 Å². The fourth-order valence-electron chi connectivity index (χ4n) is 4.38. The molecule has 1 saturated heterocycles. The van der Waals surface area contributed by atoms with Crippen molar-refractivity contribution in [3.05, 3.63) is 105 Å². The average Bonchev–Trinajstić information content (AvgIpc) is 2.91. The van der Waals surface area contributed by atoms with Crippen molar-refractivity contribution in [1.29, 1.82) is 0 Å². The second kappa shape index (κ2) is 11.2. The molecule has 38 heavy (non-hydrogen) atoms. The predicted molar refractivity (Wildman–Crippen MR) is 134 cm³/mol. The van der Waals surface area contributed by atoms with Crippen molar-refractivity contribution in [1.82, 2.24) is 9.88 Å². The molecule has 1 aliphatic rings. The van der Waals surface area contributed by atoms with E-state index in [9.17, 15) is 32.9 Å². The number of anilines is 1. The molecule has 2 amide bonds. The van der Waals surface area contributed by atoms with Crippen molar-refractivity contribution in [2.24, 2.45) is 0 Å². The number of pyridine rings is 1. The molecule has 1 aliphatic heterocycles. The normalized spacial score (nSPS) is 14.4. The number of para-hydroxylation sites is 1. The van der Waals surface area contributed by atoms with E-state index in [4.69, 9.17) is 0 Å². The lowest BCUT2D eigenvalue weighted by atomic mass is 9.89. The number of alkyl halides is 3. The Kier molecular flexibility index (Phi) is 7.85. The van der Waals surface area contributed by atoms with Gasteiger partial charge in [-0.25, -0.2) is 0 Å². The molecule has 0 spiro atoms. The van der Waals surface area contributed by atoms with E-state index < -0.39 is 34.0 Å². The van der Waals surface area contributed by atoms with Crippen LogP contribution in [0.4, 0.5) is 24.5 Å². The highest BCUT2D eigenvalue weighted by atomic mass is 19.4. The Hall–Kier alpha value is -4.54. The summed E-state index contributed by atoms with van der Waals surface area (Å²) in [5, 5.41) is 13.8. The third kappa shape index (κ3) is 6.23.